The number of halogens is 2. The first-order chi connectivity index (χ1) is 12.7. The van der Waals surface area contributed by atoms with Crippen LogP contribution in [0.4, 0.5) is 4.39 Å². The number of carbonyl (C=O) groups excluding carboxylic acids is 2. The van der Waals surface area contributed by atoms with Crippen molar-refractivity contribution in [3.05, 3.63) is 63.7 Å². The third kappa shape index (κ3) is 4.63. The van der Waals surface area contributed by atoms with Crippen LogP contribution in [0.15, 0.2) is 30.3 Å². The molecular formula is C20H20ClFN2O3. The van der Waals surface area contributed by atoms with E-state index in [0.29, 0.717) is 5.56 Å². The molecule has 1 heterocycles. The van der Waals surface area contributed by atoms with E-state index in [1.54, 1.807) is 19.9 Å². The molecule has 1 aromatic carbocycles. The van der Waals surface area contributed by atoms with Gasteiger partial charge in [0.2, 0.25) is 0 Å². The highest BCUT2D eigenvalue weighted by atomic mass is 35.5. The van der Waals surface area contributed by atoms with E-state index < -0.39 is 17.3 Å². The molecule has 0 aliphatic heterocycles. The van der Waals surface area contributed by atoms with E-state index >= 15 is 0 Å². The van der Waals surface area contributed by atoms with E-state index in [-0.39, 0.29) is 23.2 Å². The number of aryl methyl sites for hydroxylation is 2. The van der Waals surface area contributed by atoms with Gasteiger partial charge in [0.25, 0.3) is 5.91 Å². The summed E-state index contributed by atoms with van der Waals surface area (Å²) in [6.45, 7) is 3.36. The van der Waals surface area contributed by atoms with Gasteiger partial charge in [-0.15, -0.1) is 0 Å². The molecule has 0 saturated heterocycles. The number of pyridine rings is 1. The van der Waals surface area contributed by atoms with Gasteiger partial charge >= 0.3 is 5.97 Å². The summed E-state index contributed by atoms with van der Waals surface area (Å²) in [6.07, 6.45) is 2.76. The van der Waals surface area contributed by atoms with Crippen molar-refractivity contribution in [1.29, 1.82) is 0 Å². The van der Waals surface area contributed by atoms with Gasteiger partial charge in [-0.05, 0) is 62.9 Å². The van der Waals surface area contributed by atoms with Gasteiger partial charge in [0, 0.05) is 5.69 Å². The molecule has 0 atom stereocenters. The number of hydrogen-bond acceptors (Lipinski definition) is 4. The Labute approximate surface area is 161 Å². The van der Waals surface area contributed by atoms with E-state index in [2.05, 4.69) is 10.3 Å². The maximum Gasteiger partial charge on any atom is 0.338 e. The Morgan fingerprint density at radius 1 is 1.30 bits per heavy atom. The third-order valence-electron chi connectivity index (χ3n) is 4.33. The molecule has 1 aromatic heterocycles. The second-order valence-electron chi connectivity index (χ2n) is 7.21. The zero-order valence-corrected chi connectivity index (χ0v) is 15.9. The van der Waals surface area contributed by atoms with Crippen LogP contribution in [0, 0.1) is 5.82 Å². The average molecular weight is 391 g/mol. The number of carbonyl (C=O) groups is 2. The minimum absolute atomic E-state index is 0.0793. The van der Waals surface area contributed by atoms with Crippen molar-refractivity contribution in [2.45, 2.75) is 38.6 Å². The summed E-state index contributed by atoms with van der Waals surface area (Å²) in [5, 5.41) is 2.98. The van der Waals surface area contributed by atoms with Gasteiger partial charge < -0.3 is 10.1 Å². The molecular weight excluding hydrogens is 371 g/mol. The fourth-order valence-corrected chi connectivity index (χ4v) is 3.20. The lowest BCUT2D eigenvalue weighted by Crippen LogP contribution is -2.47. The molecule has 0 bridgehead atoms. The third-order valence-corrected chi connectivity index (χ3v) is 4.61. The summed E-state index contributed by atoms with van der Waals surface area (Å²) < 4.78 is 18.4. The van der Waals surface area contributed by atoms with Crippen LogP contribution in [0.2, 0.25) is 5.15 Å². The fourth-order valence-electron chi connectivity index (χ4n) is 2.96. The van der Waals surface area contributed by atoms with Gasteiger partial charge in [0.1, 0.15) is 17.6 Å². The SMILES string of the molecule is CC(C)(COC(=O)c1cccc(F)c1)NC(=O)c1cc2c(nc1Cl)CCC2. The van der Waals surface area contributed by atoms with E-state index in [9.17, 15) is 14.0 Å². The van der Waals surface area contributed by atoms with Crippen molar-refractivity contribution in [2.75, 3.05) is 6.61 Å². The molecule has 7 heteroatoms. The lowest BCUT2D eigenvalue weighted by molar-refractivity contribution is 0.0389. The van der Waals surface area contributed by atoms with Gasteiger partial charge in [0.05, 0.1) is 16.7 Å². The molecule has 1 N–H and O–H groups in total. The maximum atomic E-state index is 13.2. The number of aromatic nitrogens is 1. The number of nitrogens with zero attached hydrogens (tertiary/aromatic N) is 1. The van der Waals surface area contributed by atoms with E-state index in [1.807, 2.05) is 0 Å². The first-order valence-electron chi connectivity index (χ1n) is 8.69. The molecule has 5 nitrogen and oxygen atoms in total. The van der Waals surface area contributed by atoms with Gasteiger partial charge in [-0.25, -0.2) is 14.2 Å². The molecule has 0 fully saturated rings. The highest BCUT2D eigenvalue weighted by Crippen LogP contribution is 2.25. The average Bonchev–Trinajstić information content (AvgIpc) is 3.05. The van der Waals surface area contributed by atoms with E-state index in [4.69, 9.17) is 16.3 Å². The molecule has 0 radical (unpaired) electrons. The number of ether oxygens (including phenoxy) is 1. The summed E-state index contributed by atoms with van der Waals surface area (Å²) in [4.78, 5) is 29.0. The van der Waals surface area contributed by atoms with Crippen LogP contribution in [0.5, 0.6) is 0 Å². The fraction of sp³-hybridized carbons (Fsp3) is 0.350. The molecule has 142 valence electrons. The highest BCUT2D eigenvalue weighted by Gasteiger charge is 2.26. The Balaban J connectivity index is 1.64. The van der Waals surface area contributed by atoms with Crippen molar-refractivity contribution in [3.63, 3.8) is 0 Å². The van der Waals surface area contributed by atoms with Crippen molar-refractivity contribution in [1.82, 2.24) is 10.3 Å². The normalized spacial score (nSPS) is 13.2. The molecule has 1 amide bonds. The molecule has 2 aromatic rings. The van der Waals surface area contributed by atoms with Gasteiger partial charge in [-0.1, -0.05) is 17.7 Å². The number of benzene rings is 1. The lowest BCUT2D eigenvalue weighted by atomic mass is 10.1. The molecule has 0 saturated carbocycles. The van der Waals surface area contributed by atoms with Crippen LogP contribution in [-0.2, 0) is 17.6 Å². The number of esters is 1. The van der Waals surface area contributed by atoms with Crippen LogP contribution in [0.25, 0.3) is 0 Å². The molecule has 0 spiro atoms. The Kier molecular flexibility index (Phi) is 5.46. The number of rotatable bonds is 5. The zero-order chi connectivity index (χ0) is 19.6. The topological polar surface area (TPSA) is 68.3 Å². The summed E-state index contributed by atoms with van der Waals surface area (Å²) in [6, 6.07) is 7.02. The minimum atomic E-state index is -0.845. The van der Waals surface area contributed by atoms with Crippen LogP contribution in [0.3, 0.4) is 0 Å². The highest BCUT2D eigenvalue weighted by molar-refractivity contribution is 6.32. The Morgan fingerprint density at radius 3 is 2.81 bits per heavy atom. The molecule has 1 aliphatic carbocycles. The standard InChI is InChI=1S/C20H20ClFN2O3/c1-20(2,11-27-19(26)13-6-3-7-14(22)9-13)24-18(25)15-10-12-5-4-8-16(12)23-17(15)21/h3,6-7,9-10H,4-5,8,11H2,1-2H3,(H,24,25). The second-order valence-corrected chi connectivity index (χ2v) is 7.57. The van der Waals surface area contributed by atoms with Crippen LogP contribution >= 0.6 is 11.6 Å². The quantitative estimate of drug-likeness (QED) is 0.624. The Hall–Kier alpha value is -2.47. The summed E-state index contributed by atoms with van der Waals surface area (Å²) >= 11 is 6.16. The zero-order valence-electron chi connectivity index (χ0n) is 15.1. The Morgan fingerprint density at radius 2 is 2.07 bits per heavy atom. The van der Waals surface area contributed by atoms with Crippen molar-refractivity contribution in [2.24, 2.45) is 0 Å². The molecule has 1 aliphatic rings. The lowest BCUT2D eigenvalue weighted by Gasteiger charge is -2.26. The minimum Gasteiger partial charge on any atom is -0.460 e. The molecule has 3 rings (SSSR count). The van der Waals surface area contributed by atoms with Gasteiger partial charge in [-0.3, -0.25) is 4.79 Å². The van der Waals surface area contributed by atoms with Crippen molar-refractivity contribution < 1.29 is 18.7 Å². The smallest absolute Gasteiger partial charge is 0.338 e. The van der Waals surface area contributed by atoms with E-state index in [0.717, 1.165) is 36.6 Å². The first-order valence-corrected chi connectivity index (χ1v) is 9.06. The summed E-state index contributed by atoms with van der Waals surface area (Å²) in [5.41, 5.74) is 1.56. The van der Waals surface area contributed by atoms with Crippen LogP contribution < -0.4 is 5.32 Å². The summed E-state index contributed by atoms with van der Waals surface area (Å²) in [7, 11) is 0. The van der Waals surface area contributed by atoms with Crippen LogP contribution in [-0.4, -0.2) is 29.0 Å². The van der Waals surface area contributed by atoms with Gasteiger partial charge in [-0.2, -0.15) is 0 Å². The second kappa shape index (κ2) is 7.64. The number of hydrogen-bond donors (Lipinski definition) is 1. The largest absolute Gasteiger partial charge is 0.460 e. The monoisotopic (exact) mass is 390 g/mol. The Bertz CT molecular complexity index is 899. The van der Waals surface area contributed by atoms with Gasteiger partial charge in [0.15, 0.2) is 0 Å². The number of nitrogens with one attached hydrogen (secondary N) is 1. The van der Waals surface area contributed by atoms with Crippen molar-refractivity contribution in [3.8, 4) is 0 Å². The first kappa shape index (κ1) is 19.3. The van der Waals surface area contributed by atoms with Crippen molar-refractivity contribution >= 4 is 23.5 Å². The molecule has 0 unspecified atom stereocenters. The predicted octanol–water partition coefficient (Wildman–Crippen LogP) is 3.73. The van der Waals surface area contributed by atoms with Crippen LogP contribution in [0.1, 0.15) is 52.2 Å². The molecule has 27 heavy (non-hydrogen) atoms. The number of fused-ring (bicyclic) bond motifs is 1. The maximum absolute atomic E-state index is 13.2. The summed E-state index contributed by atoms with van der Waals surface area (Å²) in [5.74, 6) is -1.56. The van der Waals surface area contributed by atoms with E-state index in [1.165, 1.54) is 18.2 Å². The number of amides is 1. The predicted molar refractivity (Wildman–Crippen MR) is 99.5 cm³/mol.